The Morgan fingerprint density at radius 1 is 0.708 bits per heavy atom. The third kappa shape index (κ3) is 2.02. The lowest BCUT2D eigenvalue weighted by molar-refractivity contribution is 0.669. The van der Waals surface area contributed by atoms with Crippen LogP contribution in [-0.2, 0) is 0 Å². The van der Waals surface area contributed by atoms with Crippen LogP contribution >= 0.6 is 0 Å². The summed E-state index contributed by atoms with van der Waals surface area (Å²) in [6.07, 6.45) is 3.72. The number of furan rings is 1. The van der Waals surface area contributed by atoms with Gasteiger partial charge in [0.15, 0.2) is 0 Å². The zero-order chi connectivity index (χ0) is 15.9. The maximum atomic E-state index is 5.98. The van der Waals surface area contributed by atoms with Crippen molar-refractivity contribution in [3.63, 3.8) is 0 Å². The van der Waals surface area contributed by atoms with Gasteiger partial charge in [-0.2, -0.15) is 5.10 Å². The summed E-state index contributed by atoms with van der Waals surface area (Å²) in [7, 11) is 0. The van der Waals surface area contributed by atoms with E-state index in [1.165, 1.54) is 0 Å². The number of hydrogen-bond acceptors (Lipinski definition) is 2. The highest BCUT2D eigenvalue weighted by molar-refractivity contribution is 6.05. The molecule has 24 heavy (non-hydrogen) atoms. The molecule has 0 radical (unpaired) electrons. The van der Waals surface area contributed by atoms with Gasteiger partial charge in [-0.3, -0.25) is 0 Å². The Labute approximate surface area is 138 Å². The minimum atomic E-state index is 0.921. The predicted molar refractivity (Wildman–Crippen MR) is 96.3 cm³/mol. The van der Waals surface area contributed by atoms with Gasteiger partial charge >= 0.3 is 0 Å². The van der Waals surface area contributed by atoms with Crippen LogP contribution in [-0.4, -0.2) is 9.78 Å². The van der Waals surface area contributed by atoms with E-state index < -0.39 is 0 Å². The molecule has 0 N–H and O–H groups in total. The van der Waals surface area contributed by atoms with Gasteiger partial charge in [-0.25, -0.2) is 4.68 Å². The molecule has 0 bridgehead atoms. The lowest BCUT2D eigenvalue weighted by atomic mass is 10.0. The number of nitrogens with zero attached hydrogens (tertiary/aromatic N) is 2. The lowest BCUT2D eigenvalue weighted by Gasteiger charge is -2.05. The fourth-order valence-electron chi connectivity index (χ4n) is 3.13. The van der Waals surface area contributed by atoms with Crippen molar-refractivity contribution in [1.82, 2.24) is 9.78 Å². The first-order valence-corrected chi connectivity index (χ1v) is 7.90. The van der Waals surface area contributed by atoms with E-state index in [4.69, 9.17) is 4.42 Å². The monoisotopic (exact) mass is 310 g/mol. The van der Waals surface area contributed by atoms with Crippen molar-refractivity contribution in [3.05, 3.63) is 85.2 Å². The second-order valence-electron chi connectivity index (χ2n) is 5.81. The summed E-state index contributed by atoms with van der Waals surface area (Å²) in [5, 5.41) is 6.57. The molecule has 5 aromatic rings. The van der Waals surface area contributed by atoms with Gasteiger partial charge in [-0.05, 0) is 47.5 Å². The Bertz CT molecular complexity index is 1140. The fraction of sp³-hybridized carbons (Fsp3) is 0. The van der Waals surface area contributed by atoms with Crippen LogP contribution in [0.25, 0.3) is 38.8 Å². The largest absolute Gasteiger partial charge is 0.456 e. The second-order valence-corrected chi connectivity index (χ2v) is 5.81. The summed E-state index contributed by atoms with van der Waals surface area (Å²) in [4.78, 5) is 0. The van der Waals surface area contributed by atoms with Crippen molar-refractivity contribution in [2.75, 3.05) is 0 Å². The van der Waals surface area contributed by atoms with Crippen LogP contribution in [0.3, 0.4) is 0 Å². The normalized spacial score (nSPS) is 11.3. The molecule has 0 aliphatic rings. The summed E-state index contributed by atoms with van der Waals surface area (Å²) in [6, 6.07) is 24.8. The van der Waals surface area contributed by atoms with Crippen molar-refractivity contribution in [2.45, 2.75) is 0 Å². The number of rotatable bonds is 2. The van der Waals surface area contributed by atoms with Gasteiger partial charge in [0, 0.05) is 23.2 Å². The van der Waals surface area contributed by atoms with Crippen LogP contribution in [0.2, 0.25) is 0 Å². The molecular formula is C21H14N2O. The number of aromatic nitrogens is 2. The maximum absolute atomic E-state index is 5.98. The highest BCUT2D eigenvalue weighted by atomic mass is 16.3. The Morgan fingerprint density at radius 3 is 2.33 bits per heavy atom. The van der Waals surface area contributed by atoms with Crippen molar-refractivity contribution >= 4 is 21.9 Å². The third-order valence-corrected chi connectivity index (χ3v) is 4.35. The van der Waals surface area contributed by atoms with E-state index in [2.05, 4.69) is 53.6 Å². The second kappa shape index (κ2) is 5.10. The van der Waals surface area contributed by atoms with Gasteiger partial charge in [-0.15, -0.1) is 0 Å². The number of para-hydroxylation sites is 1. The molecule has 114 valence electrons. The van der Waals surface area contributed by atoms with Gasteiger partial charge in [0.2, 0.25) is 0 Å². The average Bonchev–Trinajstić information content (AvgIpc) is 3.29. The summed E-state index contributed by atoms with van der Waals surface area (Å²) in [5.74, 6) is 0. The van der Waals surface area contributed by atoms with Crippen LogP contribution in [0.15, 0.2) is 89.6 Å². The van der Waals surface area contributed by atoms with E-state index in [1.807, 2.05) is 35.1 Å². The molecule has 0 amide bonds. The van der Waals surface area contributed by atoms with Crippen molar-refractivity contribution in [2.24, 2.45) is 0 Å². The molecule has 0 unspecified atom stereocenters. The van der Waals surface area contributed by atoms with E-state index in [9.17, 15) is 0 Å². The molecule has 2 aromatic heterocycles. The highest BCUT2D eigenvalue weighted by Gasteiger charge is 2.08. The van der Waals surface area contributed by atoms with Gasteiger partial charge in [0.25, 0.3) is 0 Å². The van der Waals surface area contributed by atoms with E-state index >= 15 is 0 Å². The predicted octanol–water partition coefficient (Wildman–Crippen LogP) is 5.44. The van der Waals surface area contributed by atoms with Crippen molar-refractivity contribution in [1.29, 1.82) is 0 Å². The molecule has 5 rings (SSSR count). The fourth-order valence-corrected chi connectivity index (χ4v) is 3.13. The van der Waals surface area contributed by atoms with Gasteiger partial charge in [0.1, 0.15) is 11.2 Å². The molecule has 0 saturated heterocycles. The Morgan fingerprint density at radius 2 is 1.50 bits per heavy atom. The molecular weight excluding hydrogens is 296 g/mol. The van der Waals surface area contributed by atoms with Crippen molar-refractivity contribution < 1.29 is 4.42 Å². The molecule has 3 heteroatoms. The van der Waals surface area contributed by atoms with E-state index in [0.717, 1.165) is 38.8 Å². The molecule has 3 nitrogen and oxygen atoms in total. The molecule has 0 saturated carbocycles. The molecule has 0 atom stereocenters. The Hall–Kier alpha value is -3.33. The third-order valence-electron chi connectivity index (χ3n) is 4.35. The van der Waals surface area contributed by atoms with Crippen LogP contribution in [0.4, 0.5) is 0 Å². The van der Waals surface area contributed by atoms with Crippen LogP contribution in [0.1, 0.15) is 0 Å². The van der Waals surface area contributed by atoms with Crippen LogP contribution < -0.4 is 0 Å². The summed E-state index contributed by atoms with van der Waals surface area (Å²) < 4.78 is 7.84. The molecule has 0 aliphatic heterocycles. The zero-order valence-electron chi connectivity index (χ0n) is 12.9. The first-order chi connectivity index (χ1) is 11.9. The van der Waals surface area contributed by atoms with Crippen LogP contribution in [0.5, 0.6) is 0 Å². The van der Waals surface area contributed by atoms with Gasteiger partial charge in [-0.1, -0.05) is 36.4 Å². The van der Waals surface area contributed by atoms with Gasteiger partial charge in [0.05, 0.1) is 5.69 Å². The SMILES string of the molecule is c1ccc2c(c1)oc1cc(-c3ccc(-n4cccn4)cc3)ccc12. The summed E-state index contributed by atoms with van der Waals surface area (Å²) in [5.41, 5.74) is 5.21. The smallest absolute Gasteiger partial charge is 0.136 e. The maximum Gasteiger partial charge on any atom is 0.136 e. The summed E-state index contributed by atoms with van der Waals surface area (Å²) >= 11 is 0. The average molecular weight is 310 g/mol. The Balaban J connectivity index is 1.60. The topological polar surface area (TPSA) is 31.0 Å². The van der Waals surface area contributed by atoms with E-state index in [1.54, 1.807) is 6.20 Å². The standard InChI is InChI=1S/C21H14N2O/c1-2-5-20-18(4-1)19-11-8-16(14-21(19)24-20)15-6-9-17(10-7-15)23-13-3-12-22-23/h1-14H. The van der Waals surface area contributed by atoms with E-state index in [-0.39, 0.29) is 0 Å². The minimum Gasteiger partial charge on any atom is -0.456 e. The first kappa shape index (κ1) is 13.1. The number of hydrogen-bond donors (Lipinski definition) is 0. The molecule has 0 fully saturated rings. The zero-order valence-corrected chi connectivity index (χ0v) is 12.9. The number of fused-ring (bicyclic) bond motifs is 3. The molecule has 0 aliphatic carbocycles. The summed E-state index contributed by atoms with van der Waals surface area (Å²) in [6.45, 7) is 0. The minimum absolute atomic E-state index is 0.921. The first-order valence-electron chi connectivity index (χ1n) is 7.90. The highest BCUT2D eigenvalue weighted by Crippen LogP contribution is 2.32. The molecule has 3 aromatic carbocycles. The lowest BCUT2D eigenvalue weighted by Crippen LogP contribution is -1.93. The number of benzene rings is 3. The van der Waals surface area contributed by atoms with E-state index in [0.29, 0.717) is 0 Å². The molecule has 0 spiro atoms. The van der Waals surface area contributed by atoms with Crippen LogP contribution in [0, 0.1) is 0 Å². The molecule has 2 heterocycles. The van der Waals surface area contributed by atoms with Crippen molar-refractivity contribution in [3.8, 4) is 16.8 Å². The Kier molecular flexibility index (Phi) is 2.79. The quantitative estimate of drug-likeness (QED) is 0.435. The van der Waals surface area contributed by atoms with Gasteiger partial charge < -0.3 is 4.42 Å².